The maximum atomic E-state index is 11.6. The molecule has 1 aromatic heterocycles. The van der Waals surface area contributed by atoms with Crippen LogP contribution in [0.15, 0.2) is 36.4 Å². The predicted molar refractivity (Wildman–Crippen MR) is 111 cm³/mol. The number of likely N-dealkylation sites (tertiary alicyclic amines) is 1. The number of amides is 1. The van der Waals surface area contributed by atoms with Gasteiger partial charge in [-0.05, 0) is 49.9 Å². The zero-order valence-electron chi connectivity index (χ0n) is 17.3. The molecule has 0 atom stereocenters. The summed E-state index contributed by atoms with van der Waals surface area (Å²) in [7, 11) is 1.69. The van der Waals surface area contributed by atoms with Crippen LogP contribution in [-0.4, -0.2) is 42.0 Å². The van der Waals surface area contributed by atoms with Gasteiger partial charge >= 0.3 is 0 Å². The fourth-order valence-electron chi connectivity index (χ4n) is 3.47. The van der Waals surface area contributed by atoms with Crippen molar-refractivity contribution in [2.75, 3.05) is 20.1 Å². The number of carbonyl (C=O) groups is 1. The Morgan fingerprint density at radius 1 is 1.21 bits per heavy atom. The second-order valence-electron chi connectivity index (χ2n) is 7.75. The molecular weight excluding hydrogens is 364 g/mol. The molecule has 1 saturated heterocycles. The van der Waals surface area contributed by atoms with Crippen molar-refractivity contribution in [1.29, 1.82) is 5.26 Å². The zero-order valence-corrected chi connectivity index (χ0v) is 17.3. The Morgan fingerprint density at radius 2 is 1.90 bits per heavy atom. The highest BCUT2D eigenvalue weighted by atomic mass is 16.5. The summed E-state index contributed by atoms with van der Waals surface area (Å²) in [5.74, 6) is 0.802. The fourth-order valence-corrected chi connectivity index (χ4v) is 3.47. The third kappa shape index (κ3) is 5.55. The number of hydrogen-bond donors (Lipinski definition) is 1. The normalized spacial score (nSPS) is 14.3. The first kappa shape index (κ1) is 20.8. The number of ether oxygens (including phenoxy) is 1. The van der Waals surface area contributed by atoms with Crippen molar-refractivity contribution in [3.8, 4) is 11.8 Å². The first-order valence-corrected chi connectivity index (χ1v) is 10.1. The summed E-state index contributed by atoms with van der Waals surface area (Å²) in [4.78, 5) is 18.3. The van der Waals surface area contributed by atoms with E-state index in [0.717, 1.165) is 38.2 Å². The first-order valence-electron chi connectivity index (χ1n) is 10.1. The molecule has 1 amide bonds. The van der Waals surface area contributed by atoms with Gasteiger partial charge in [0, 0.05) is 32.4 Å². The highest BCUT2D eigenvalue weighted by molar-refractivity contribution is 5.79. The number of nitrogens with zero attached hydrogens (tertiary/aromatic N) is 3. The van der Waals surface area contributed by atoms with Gasteiger partial charge in [-0.15, -0.1) is 0 Å². The van der Waals surface area contributed by atoms with Gasteiger partial charge in [-0.25, -0.2) is 4.98 Å². The van der Waals surface area contributed by atoms with E-state index in [1.807, 2.05) is 26.0 Å². The van der Waals surface area contributed by atoms with E-state index < -0.39 is 0 Å². The fraction of sp³-hybridized carbons (Fsp3) is 0.435. The van der Waals surface area contributed by atoms with Crippen molar-refractivity contribution in [3.05, 3.63) is 58.9 Å². The van der Waals surface area contributed by atoms with Crippen molar-refractivity contribution >= 4 is 5.91 Å². The number of hydrogen-bond acceptors (Lipinski definition) is 5. The van der Waals surface area contributed by atoms with E-state index in [-0.39, 0.29) is 17.9 Å². The highest BCUT2D eigenvalue weighted by Crippen LogP contribution is 2.20. The van der Waals surface area contributed by atoms with Gasteiger partial charge in [-0.1, -0.05) is 24.3 Å². The smallest absolute Gasteiger partial charge is 0.225 e. The predicted octanol–water partition coefficient (Wildman–Crippen LogP) is 2.70. The van der Waals surface area contributed by atoms with E-state index in [1.54, 1.807) is 7.05 Å². The summed E-state index contributed by atoms with van der Waals surface area (Å²) in [6.45, 7) is 6.38. The van der Waals surface area contributed by atoms with Crippen molar-refractivity contribution in [3.63, 3.8) is 0 Å². The standard InChI is InChI=1S/C23H28N4O2/c1-16(2)29-22-11-10-20(26-21(22)12-24)9-8-17-4-6-18(7-5-17)13-27-14-19(15-27)23(28)25-3/h4-7,10-11,16,19H,8-9,13-15H2,1-3H3,(H,25,28). The third-order valence-corrected chi connectivity index (χ3v) is 5.06. The minimum absolute atomic E-state index is 0.0132. The molecule has 1 aromatic carbocycles. The van der Waals surface area contributed by atoms with E-state index in [9.17, 15) is 10.1 Å². The molecule has 0 unspecified atom stereocenters. The summed E-state index contributed by atoms with van der Waals surface area (Å²) < 4.78 is 5.63. The van der Waals surface area contributed by atoms with Gasteiger partial charge in [0.05, 0.1) is 12.0 Å². The van der Waals surface area contributed by atoms with Crippen LogP contribution in [0, 0.1) is 17.2 Å². The summed E-state index contributed by atoms with van der Waals surface area (Å²) >= 11 is 0. The summed E-state index contributed by atoms with van der Waals surface area (Å²) in [5.41, 5.74) is 3.73. The van der Waals surface area contributed by atoms with Crippen molar-refractivity contribution < 1.29 is 9.53 Å². The Labute approximate surface area is 172 Å². The highest BCUT2D eigenvalue weighted by Gasteiger charge is 2.31. The Balaban J connectivity index is 1.50. The molecule has 1 fully saturated rings. The van der Waals surface area contributed by atoms with Crippen LogP contribution in [0.25, 0.3) is 0 Å². The van der Waals surface area contributed by atoms with Crippen molar-refractivity contribution in [2.45, 2.75) is 39.3 Å². The van der Waals surface area contributed by atoms with E-state index in [1.165, 1.54) is 11.1 Å². The Kier molecular flexibility index (Phi) is 6.84. The second kappa shape index (κ2) is 9.53. The molecule has 2 heterocycles. The lowest BCUT2D eigenvalue weighted by Gasteiger charge is -2.38. The molecule has 0 radical (unpaired) electrons. The quantitative estimate of drug-likeness (QED) is 0.747. The van der Waals surface area contributed by atoms with E-state index in [4.69, 9.17) is 4.74 Å². The number of nitriles is 1. The van der Waals surface area contributed by atoms with Crippen LogP contribution in [0.5, 0.6) is 5.75 Å². The molecule has 6 nitrogen and oxygen atoms in total. The molecule has 0 spiro atoms. The average molecular weight is 393 g/mol. The molecule has 0 saturated carbocycles. The first-order chi connectivity index (χ1) is 14.0. The largest absolute Gasteiger partial charge is 0.488 e. The van der Waals surface area contributed by atoms with Gasteiger partial charge in [0.1, 0.15) is 6.07 Å². The van der Waals surface area contributed by atoms with Gasteiger partial charge in [-0.3, -0.25) is 9.69 Å². The van der Waals surface area contributed by atoms with Crippen LogP contribution < -0.4 is 10.1 Å². The molecule has 152 valence electrons. The molecule has 1 N–H and O–H groups in total. The van der Waals surface area contributed by atoms with Gasteiger partial charge in [0.25, 0.3) is 0 Å². The van der Waals surface area contributed by atoms with Crippen LogP contribution in [0.3, 0.4) is 0 Å². The van der Waals surface area contributed by atoms with Crippen LogP contribution >= 0.6 is 0 Å². The number of rotatable bonds is 8. The number of aromatic nitrogens is 1. The molecule has 0 bridgehead atoms. The van der Waals surface area contributed by atoms with Gasteiger partial charge in [-0.2, -0.15) is 5.26 Å². The zero-order chi connectivity index (χ0) is 20.8. The number of aryl methyl sites for hydroxylation is 2. The summed E-state index contributed by atoms with van der Waals surface area (Å²) in [6, 6.07) is 14.5. The van der Waals surface area contributed by atoms with Crippen molar-refractivity contribution in [2.24, 2.45) is 5.92 Å². The molecule has 1 aliphatic heterocycles. The third-order valence-electron chi connectivity index (χ3n) is 5.06. The molecule has 6 heteroatoms. The lowest BCUT2D eigenvalue weighted by atomic mass is 9.98. The van der Waals surface area contributed by atoms with E-state index in [2.05, 4.69) is 45.5 Å². The van der Waals surface area contributed by atoms with Crippen LogP contribution in [-0.2, 0) is 24.2 Å². The van der Waals surface area contributed by atoms with Gasteiger partial charge in [0.15, 0.2) is 11.4 Å². The molecule has 1 aliphatic rings. The lowest BCUT2D eigenvalue weighted by molar-refractivity contribution is -0.129. The molecule has 29 heavy (non-hydrogen) atoms. The second-order valence-corrected chi connectivity index (χ2v) is 7.75. The van der Waals surface area contributed by atoms with E-state index in [0.29, 0.717) is 11.4 Å². The number of nitrogens with one attached hydrogen (secondary N) is 1. The maximum absolute atomic E-state index is 11.6. The molecular formula is C23H28N4O2. The topological polar surface area (TPSA) is 78.3 Å². The minimum atomic E-state index is 0.0132. The minimum Gasteiger partial charge on any atom is -0.488 e. The van der Waals surface area contributed by atoms with Crippen LogP contribution in [0.1, 0.15) is 36.4 Å². The van der Waals surface area contributed by atoms with E-state index >= 15 is 0 Å². The molecule has 3 rings (SSSR count). The number of pyridine rings is 1. The Bertz CT molecular complexity index is 881. The van der Waals surface area contributed by atoms with Gasteiger partial charge < -0.3 is 10.1 Å². The van der Waals surface area contributed by atoms with Crippen LogP contribution in [0.2, 0.25) is 0 Å². The summed E-state index contributed by atoms with van der Waals surface area (Å²) in [6.07, 6.45) is 1.65. The number of benzene rings is 1. The maximum Gasteiger partial charge on any atom is 0.225 e. The van der Waals surface area contributed by atoms with Crippen molar-refractivity contribution in [1.82, 2.24) is 15.2 Å². The Hall–Kier alpha value is -2.91. The summed E-state index contributed by atoms with van der Waals surface area (Å²) in [5, 5.41) is 12.0. The van der Waals surface area contributed by atoms with Crippen LogP contribution in [0.4, 0.5) is 0 Å². The Morgan fingerprint density at radius 3 is 2.52 bits per heavy atom. The molecule has 0 aliphatic carbocycles. The number of carbonyl (C=O) groups excluding carboxylic acids is 1. The monoisotopic (exact) mass is 392 g/mol. The lowest BCUT2D eigenvalue weighted by Crippen LogP contribution is -2.52. The average Bonchev–Trinajstić information content (AvgIpc) is 2.69. The molecule has 2 aromatic rings. The van der Waals surface area contributed by atoms with Gasteiger partial charge in [0.2, 0.25) is 5.91 Å². The SMILES string of the molecule is CNC(=O)C1CN(Cc2ccc(CCc3ccc(OC(C)C)c(C#N)n3)cc2)C1.